The van der Waals surface area contributed by atoms with Crippen LogP contribution in [0.5, 0.6) is 5.75 Å². The fourth-order valence-electron chi connectivity index (χ4n) is 3.21. The lowest BCUT2D eigenvalue weighted by molar-refractivity contribution is -0.119. The first-order chi connectivity index (χ1) is 12.8. The van der Waals surface area contributed by atoms with Crippen LogP contribution in [0.3, 0.4) is 0 Å². The number of sulfonamides is 1. The standard InChI is InChI=1S/C19H21FN2O4S/c1-13-9-10-17(26-2)15(12-13)21-19(23)16-7-5-11-22(16)27(24,25)18-8-4-3-6-14(18)20/h3-4,6,8-10,12,16H,5,7,11H2,1-2H3,(H,21,23)/t16-/m0/s1. The second-order valence-electron chi connectivity index (χ2n) is 6.40. The number of rotatable bonds is 5. The van der Waals surface area contributed by atoms with Crippen molar-refractivity contribution < 1.29 is 22.3 Å². The van der Waals surface area contributed by atoms with Gasteiger partial charge < -0.3 is 10.1 Å². The van der Waals surface area contributed by atoms with Gasteiger partial charge in [0.05, 0.1) is 12.8 Å². The van der Waals surface area contributed by atoms with E-state index < -0.39 is 32.7 Å². The molecule has 27 heavy (non-hydrogen) atoms. The van der Waals surface area contributed by atoms with Crippen molar-refractivity contribution in [3.63, 3.8) is 0 Å². The van der Waals surface area contributed by atoms with Crippen molar-refractivity contribution in [2.45, 2.75) is 30.7 Å². The van der Waals surface area contributed by atoms with Gasteiger partial charge in [-0.2, -0.15) is 4.31 Å². The number of nitrogens with one attached hydrogen (secondary N) is 1. The topological polar surface area (TPSA) is 75.7 Å². The van der Waals surface area contributed by atoms with E-state index >= 15 is 0 Å². The Kier molecular flexibility index (Phi) is 5.48. The molecule has 0 radical (unpaired) electrons. The number of halogens is 1. The molecule has 1 atom stereocenters. The van der Waals surface area contributed by atoms with Gasteiger partial charge in [-0.3, -0.25) is 4.79 Å². The van der Waals surface area contributed by atoms with Gasteiger partial charge in [-0.25, -0.2) is 12.8 Å². The summed E-state index contributed by atoms with van der Waals surface area (Å²) in [5.74, 6) is -0.810. The van der Waals surface area contributed by atoms with Crippen molar-refractivity contribution in [1.82, 2.24) is 4.31 Å². The SMILES string of the molecule is COc1ccc(C)cc1NC(=O)[C@@H]1CCCN1S(=O)(=O)c1ccccc1F. The van der Waals surface area contributed by atoms with Gasteiger partial charge in [-0.15, -0.1) is 0 Å². The normalized spacial score (nSPS) is 17.7. The second-order valence-corrected chi connectivity index (χ2v) is 8.26. The van der Waals surface area contributed by atoms with Crippen molar-refractivity contribution in [3.8, 4) is 5.75 Å². The van der Waals surface area contributed by atoms with E-state index in [0.29, 0.717) is 24.3 Å². The number of anilines is 1. The Morgan fingerprint density at radius 1 is 1.26 bits per heavy atom. The summed E-state index contributed by atoms with van der Waals surface area (Å²) < 4.78 is 46.1. The van der Waals surface area contributed by atoms with Gasteiger partial charge in [0.1, 0.15) is 22.5 Å². The van der Waals surface area contributed by atoms with Gasteiger partial charge in [-0.05, 0) is 49.6 Å². The Hall–Kier alpha value is -2.45. The molecule has 1 aliphatic rings. The lowest BCUT2D eigenvalue weighted by atomic mass is 10.1. The van der Waals surface area contributed by atoms with Gasteiger partial charge in [0, 0.05) is 6.54 Å². The Morgan fingerprint density at radius 2 is 2.00 bits per heavy atom. The summed E-state index contributed by atoms with van der Waals surface area (Å²) in [5, 5.41) is 2.75. The Labute approximate surface area is 158 Å². The maximum absolute atomic E-state index is 14.0. The minimum atomic E-state index is -4.11. The molecule has 1 heterocycles. The average molecular weight is 392 g/mol. The highest BCUT2D eigenvalue weighted by molar-refractivity contribution is 7.89. The summed E-state index contributed by atoms with van der Waals surface area (Å²) >= 11 is 0. The first kappa shape index (κ1) is 19.3. The highest BCUT2D eigenvalue weighted by atomic mass is 32.2. The molecular formula is C19H21FN2O4S. The summed E-state index contributed by atoms with van der Waals surface area (Å²) in [6.45, 7) is 2.04. The van der Waals surface area contributed by atoms with Crippen LogP contribution >= 0.6 is 0 Å². The van der Waals surface area contributed by atoms with Crippen LogP contribution in [0.1, 0.15) is 18.4 Å². The first-order valence-corrected chi connectivity index (χ1v) is 10.0. The van der Waals surface area contributed by atoms with Gasteiger partial charge in [-0.1, -0.05) is 18.2 Å². The summed E-state index contributed by atoms with van der Waals surface area (Å²) in [5.41, 5.74) is 1.39. The molecule has 1 aliphatic heterocycles. The van der Waals surface area contributed by atoms with Crippen LogP contribution in [-0.4, -0.2) is 38.3 Å². The highest BCUT2D eigenvalue weighted by Crippen LogP contribution is 2.30. The molecule has 0 unspecified atom stereocenters. The molecule has 8 heteroatoms. The van der Waals surface area contributed by atoms with E-state index in [2.05, 4.69) is 5.32 Å². The molecular weight excluding hydrogens is 371 g/mol. The van der Waals surface area contributed by atoms with E-state index in [0.717, 1.165) is 15.9 Å². The molecule has 2 aromatic carbocycles. The predicted molar refractivity (Wildman–Crippen MR) is 99.7 cm³/mol. The molecule has 1 fully saturated rings. The number of nitrogens with zero attached hydrogens (tertiary/aromatic N) is 1. The summed E-state index contributed by atoms with van der Waals surface area (Å²) in [7, 11) is -2.62. The number of methoxy groups -OCH3 is 1. The van der Waals surface area contributed by atoms with Crippen molar-refractivity contribution in [3.05, 3.63) is 53.8 Å². The number of amides is 1. The zero-order chi connectivity index (χ0) is 19.6. The Morgan fingerprint density at radius 3 is 2.70 bits per heavy atom. The summed E-state index contributed by atoms with van der Waals surface area (Å²) in [6, 6.07) is 9.61. The molecule has 144 valence electrons. The molecule has 2 aromatic rings. The summed E-state index contributed by atoms with van der Waals surface area (Å²) in [4.78, 5) is 12.4. The van der Waals surface area contributed by atoms with E-state index in [-0.39, 0.29) is 6.54 Å². The number of carbonyl (C=O) groups is 1. The maximum Gasteiger partial charge on any atom is 0.246 e. The van der Waals surface area contributed by atoms with Crippen LogP contribution in [0, 0.1) is 12.7 Å². The molecule has 1 amide bonds. The van der Waals surface area contributed by atoms with Crippen LogP contribution < -0.4 is 10.1 Å². The van der Waals surface area contributed by atoms with Crippen LogP contribution in [0.15, 0.2) is 47.4 Å². The third-order valence-corrected chi connectivity index (χ3v) is 6.48. The number of benzene rings is 2. The molecule has 0 bridgehead atoms. The van der Waals surface area contributed by atoms with Crippen LogP contribution in [0.2, 0.25) is 0 Å². The molecule has 6 nitrogen and oxygen atoms in total. The van der Waals surface area contributed by atoms with Crippen molar-refractivity contribution >= 4 is 21.6 Å². The highest BCUT2D eigenvalue weighted by Gasteiger charge is 2.40. The molecule has 1 N–H and O–H groups in total. The van der Waals surface area contributed by atoms with E-state index in [9.17, 15) is 17.6 Å². The van der Waals surface area contributed by atoms with E-state index in [1.807, 2.05) is 13.0 Å². The molecule has 1 saturated heterocycles. The predicted octanol–water partition coefficient (Wildman–Crippen LogP) is 2.93. The number of aryl methyl sites for hydroxylation is 1. The monoisotopic (exact) mass is 392 g/mol. The first-order valence-electron chi connectivity index (χ1n) is 8.56. The van der Waals surface area contributed by atoms with E-state index in [1.54, 1.807) is 12.1 Å². The summed E-state index contributed by atoms with van der Waals surface area (Å²) in [6.07, 6.45) is 0.893. The van der Waals surface area contributed by atoms with E-state index in [4.69, 9.17) is 4.74 Å². The zero-order valence-corrected chi connectivity index (χ0v) is 15.9. The minimum Gasteiger partial charge on any atom is -0.495 e. The number of hydrogen-bond acceptors (Lipinski definition) is 4. The third-order valence-electron chi connectivity index (χ3n) is 4.54. The average Bonchev–Trinajstić information content (AvgIpc) is 3.13. The fraction of sp³-hybridized carbons (Fsp3) is 0.316. The Bertz CT molecular complexity index is 962. The van der Waals surface area contributed by atoms with Crippen LogP contribution in [0.25, 0.3) is 0 Å². The molecule has 0 spiro atoms. The van der Waals surface area contributed by atoms with Gasteiger partial charge >= 0.3 is 0 Å². The molecule has 0 saturated carbocycles. The smallest absolute Gasteiger partial charge is 0.246 e. The molecule has 0 aliphatic carbocycles. The molecule has 3 rings (SSSR count). The lowest BCUT2D eigenvalue weighted by Crippen LogP contribution is -2.43. The largest absolute Gasteiger partial charge is 0.495 e. The lowest BCUT2D eigenvalue weighted by Gasteiger charge is -2.24. The quantitative estimate of drug-likeness (QED) is 0.849. The van der Waals surface area contributed by atoms with Crippen LogP contribution in [0.4, 0.5) is 10.1 Å². The number of carbonyl (C=O) groups excluding carboxylic acids is 1. The van der Waals surface area contributed by atoms with Crippen LogP contribution in [-0.2, 0) is 14.8 Å². The van der Waals surface area contributed by atoms with Gasteiger partial charge in [0.25, 0.3) is 0 Å². The number of ether oxygens (including phenoxy) is 1. The van der Waals surface area contributed by atoms with Crippen molar-refractivity contribution in [1.29, 1.82) is 0 Å². The van der Waals surface area contributed by atoms with E-state index in [1.165, 1.54) is 25.3 Å². The van der Waals surface area contributed by atoms with Crippen molar-refractivity contribution in [2.24, 2.45) is 0 Å². The zero-order valence-electron chi connectivity index (χ0n) is 15.1. The number of hydrogen-bond donors (Lipinski definition) is 1. The second kappa shape index (κ2) is 7.66. The maximum atomic E-state index is 14.0. The third kappa shape index (κ3) is 3.81. The van der Waals surface area contributed by atoms with Gasteiger partial charge in [0.15, 0.2) is 0 Å². The van der Waals surface area contributed by atoms with Gasteiger partial charge in [0.2, 0.25) is 15.9 Å². The minimum absolute atomic E-state index is 0.166. The Balaban J connectivity index is 1.87. The van der Waals surface area contributed by atoms with Crippen molar-refractivity contribution in [2.75, 3.05) is 19.0 Å². The fourth-order valence-corrected chi connectivity index (χ4v) is 4.93. The molecule has 0 aromatic heterocycles.